The smallest absolute Gasteiger partial charge is 0.323 e. The van der Waals surface area contributed by atoms with Gasteiger partial charge in [0.15, 0.2) is 0 Å². The molecule has 1 aromatic heterocycles. The zero-order valence-corrected chi connectivity index (χ0v) is 10.5. The summed E-state index contributed by atoms with van der Waals surface area (Å²) >= 11 is 0. The Balaban J connectivity index is 2.97. The van der Waals surface area contributed by atoms with Crippen molar-refractivity contribution < 1.29 is 14.7 Å². The first-order valence-electron chi connectivity index (χ1n) is 5.63. The number of carbonyl (C=O) groups is 2. The molecule has 0 atom stereocenters. The number of carbonyl (C=O) groups excluding carboxylic acids is 1. The van der Waals surface area contributed by atoms with Crippen LogP contribution < -0.4 is 5.73 Å². The number of hydrogen-bond acceptors (Lipinski definition) is 4. The molecule has 0 aliphatic rings. The molecule has 1 rings (SSSR count). The highest BCUT2D eigenvalue weighted by Crippen LogP contribution is 2.09. The second-order valence-corrected chi connectivity index (χ2v) is 4.16. The van der Waals surface area contributed by atoms with Crippen LogP contribution >= 0.6 is 0 Å². The van der Waals surface area contributed by atoms with Gasteiger partial charge in [-0.25, -0.2) is 0 Å². The zero-order chi connectivity index (χ0) is 13.7. The van der Waals surface area contributed by atoms with E-state index in [4.69, 9.17) is 10.8 Å². The van der Waals surface area contributed by atoms with Gasteiger partial charge in [-0.2, -0.15) is 0 Å². The third-order valence-corrected chi connectivity index (χ3v) is 2.46. The summed E-state index contributed by atoms with van der Waals surface area (Å²) < 4.78 is 0. The molecule has 0 saturated heterocycles. The number of pyridine rings is 1. The molecule has 0 saturated carbocycles. The first kappa shape index (κ1) is 14.1. The maximum atomic E-state index is 12.2. The Bertz CT molecular complexity index is 446. The number of amides is 1. The number of hydrogen-bond donors (Lipinski definition) is 2. The number of rotatable bonds is 5. The predicted molar refractivity (Wildman–Crippen MR) is 65.9 cm³/mol. The molecule has 0 bridgehead atoms. The molecule has 1 heterocycles. The van der Waals surface area contributed by atoms with E-state index in [1.165, 1.54) is 11.1 Å². The average molecular weight is 251 g/mol. The second kappa shape index (κ2) is 6.11. The van der Waals surface area contributed by atoms with Gasteiger partial charge >= 0.3 is 5.97 Å². The summed E-state index contributed by atoms with van der Waals surface area (Å²) in [6, 6.07) is 2.95. The summed E-state index contributed by atoms with van der Waals surface area (Å²) in [5, 5.41) is 8.80. The number of aromatic nitrogens is 1. The molecular formula is C12H17N3O3. The fourth-order valence-corrected chi connectivity index (χ4v) is 1.52. The quantitative estimate of drug-likeness (QED) is 0.793. The molecule has 1 aromatic rings. The number of carboxylic acid groups (broad SMARTS) is 1. The number of nitrogens with zero attached hydrogens (tertiary/aromatic N) is 2. The highest BCUT2D eigenvalue weighted by atomic mass is 16.4. The van der Waals surface area contributed by atoms with E-state index >= 15 is 0 Å². The number of carboxylic acids is 1. The molecular weight excluding hydrogens is 234 g/mol. The van der Waals surface area contributed by atoms with Crippen molar-refractivity contribution in [3.63, 3.8) is 0 Å². The Kier molecular flexibility index (Phi) is 4.79. The number of aliphatic carboxylic acids is 1. The van der Waals surface area contributed by atoms with Crippen LogP contribution in [0.4, 0.5) is 0 Å². The van der Waals surface area contributed by atoms with Gasteiger partial charge in [-0.15, -0.1) is 0 Å². The molecule has 0 spiro atoms. The monoisotopic (exact) mass is 251 g/mol. The minimum atomic E-state index is -1.04. The van der Waals surface area contributed by atoms with E-state index in [0.717, 1.165) is 0 Å². The van der Waals surface area contributed by atoms with Crippen LogP contribution in [0.2, 0.25) is 0 Å². The summed E-state index contributed by atoms with van der Waals surface area (Å²) in [5.41, 5.74) is 6.45. The first-order valence-corrected chi connectivity index (χ1v) is 5.63. The van der Waals surface area contributed by atoms with Gasteiger partial charge in [0, 0.05) is 24.3 Å². The summed E-state index contributed by atoms with van der Waals surface area (Å²) in [6.07, 6.45) is 1.49. The SMILES string of the molecule is CC(C)N(CC(=O)O)C(=O)c1ccnc(CN)c1. The highest BCUT2D eigenvalue weighted by molar-refractivity contribution is 5.96. The predicted octanol–water partition coefficient (Wildman–Crippen LogP) is 0.475. The van der Waals surface area contributed by atoms with Crippen LogP contribution in [-0.4, -0.2) is 39.5 Å². The van der Waals surface area contributed by atoms with E-state index in [2.05, 4.69) is 4.98 Å². The van der Waals surface area contributed by atoms with E-state index in [9.17, 15) is 9.59 Å². The van der Waals surface area contributed by atoms with Gasteiger partial charge in [0.1, 0.15) is 6.54 Å². The first-order chi connectivity index (χ1) is 8.45. The Morgan fingerprint density at radius 2 is 2.17 bits per heavy atom. The molecule has 0 radical (unpaired) electrons. The van der Waals surface area contributed by atoms with E-state index in [1.54, 1.807) is 26.0 Å². The van der Waals surface area contributed by atoms with E-state index < -0.39 is 5.97 Å². The molecule has 0 fully saturated rings. The van der Waals surface area contributed by atoms with E-state index in [-0.39, 0.29) is 25.0 Å². The van der Waals surface area contributed by atoms with Crippen molar-refractivity contribution in [2.24, 2.45) is 5.73 Å². The van der Waals surface area contributed by atoms with Gasteiger partial charge in [0.25, 0.3) is 5.91 Å². The summed E-state index contributed by atoms with van der Waals surface area (Å²) in [4.78, 5) is 28.2. The second-order valence-electron chi connectivity index (χ2n) is 4.16. The summed E-state index contributed by atoms with van der Waals surface area (Å²) in [5.74, 6) is -1.37. The normalized spacial score (nSPS) is 10.4. The summed E-state index contributed by atoms with van der Waals surface area (Å²) in [6.45, 7) is 3.45. The Morgan fingerprint density at radius 1 is 1.50 bits per heavy atom. The van der Waals surface area contributed by atoms with Crippen LogP contribution in [0, 0.1) is 0 Å². The lowest BCUT2D eigenvalue weighted by molar-refractivity contribution is -0.138. The molecule has 3 N–H and O–H groups in total. The number of nitrogens with two attached hydrogens (primary N) is 1. The lowest BCUT2D eigenvalue weighted by Gasteiger charge is -2.25. The van der Waals surface area contributed by atoms with Crippen molar-refractivity contribution in [3.05, 3.63) is 29.6 Å². The minimum Gasteiger partial charge on any atom is -0.480 e. The van der Waals surface area contributed by atoms with Crippen molar-refractivity contribution >= 4 is 11.9 Å². The van der Waals surface area contributed by atoms with E-state index in [1.807, 2.05) is 0 Å². The van der Waals surface area contributed by atoms with Crippen molar-refractivity contribution in [3.8, 4) is 0 Å². The molecule has 6 heteroatoms. The van der Waals surface area contributed by atoms with Crippen LogP contribution in [0.15, 0.2) is 18.3 Å². The molecule has 1 amide bonds. The third-order valence-electron chi connectivity index (χ3n) is 2.46. The van der Waals surface area contributed by atoms with Crippen LogP contribution in [0.3, 0.4) is 0 Å². The highest BCUT2D eigenvalue weighted by Gasteiger charge is 2.21. The van der Waals surface area contributed by atoms with Gasteiger partial charge in [0.2, 0.25) is 0 Å². The van der Waals surface area contributed by atoms with Gasteiger partial charge in [0.05, 0.1) is 5.69 Å². The van der Waals surface area contributed by atoms with Gasteiger partial charge in [-0.05, 0) is 26.0 Å². The molecule has 0 aliphatic carbocycles. The standard InChI is InChI=1S/C12H17N3O3/c1-8(2)15(7-11(16)17)12(18)9-3-4-14-10(5-9)6-13/h3-5,8H,6-7,13H2,1-2H3,(H,16,17). The maximum Gasteiger partial charge on any atom is 0.323 e. The van der Waals surface area contributed by atoms with E-state index in [0.29, 0.717) is 11.3 Å². The fourth-order valence-electron chi connectivity index (χ4n) is 1.52. The lowest BCUT2D eigenvalue weighted by Crippen LogP contribution is -2.40. The Hall–Kier alpha value is -1.95. The van der Waals surface area contributed by atoms with Crippen LogP contribution in [0.25, 0.3) is 0 Å². The van der Waals surface area contributed by atoms with Gasteiger partial charge in [-0.3, -0.25) is 14.6 Å². The zero-order valence-electron chi connectivity index (χ0n) is 10.5. The van der Waals surface area contributed by atoms with Crippen LogP contribution in [0.1, 0.15) is 29.9 Å². The molecule has 18 heavy (non-hydrogen) atoms. The minimum absolute atomic E-state index is 0.192. The Morgan fingerprint density at radius 3 is 2.67 bits per heavy atom. The average Bonchev–Trinajstić information content (AvgIpc) is 2.34. The van der Waals surface area contributed by atoms with Crippen molar-refractivity contribution in [1.29, 1.82) is 0 Å². The largest absolute Gasteiger partial charge is 0.480 e. The fraction of sp³-hybridized carbons (Fsp3) is 0.417. The molecule has 6 nitrogen and oxygen atoms in total. The van der Waals surface area contributed by atoms with Gasteiger partial charge in [-0.1, -0.05) is 0 Å². The molecule has 98 valence electrons. The van der Waals surface area contributed by atoms with Crippen molar-refractivity contribution in [1.82, 2.24) is 9.88 Å². The van der Waals surface area contributed by atoms with Crippen LogP contribution in [-0.2, 0) is 11.3 Å². The maximum absolute atomic E-state index is 12.2. The van der Waals surface area contributed by atoms with Gasteiger partial charge < -0.3 is 15.7 Å². The van der Waals surface area contributed by atoms with Crippen molar-refractivity contribution in [2.45, 2.75) is 26.4 Å². The topological polar surface area (TPSA) is 96.5 Å². The Labute approximate surface area is 105 Å². The van der Waals surface area contributed by atoms with Crippen molar-refractivity contribution in [2.75, 3.05) is 6.54 Å². The third kappa shape index (κ3) is 3.53. The molecule has 0 aliphatic heterocycles. The molecule has 0 unspecified atom stereocenters. The van der Waals surface area contributed by atoms with Crippen LogP contribution in [0.5, 0.6) is 0 Å². The molecule has 0 aromatic carbocycles. The summed E-state index contributed by atoms with van der Waals surface area (Å²) in [7, 11) is 0. The lowest BCUT2D eigenvalue weighted by atomic mass is 10.1.